The van der Waals surface area contributed by atoms with Crippen molar-refractivity contribution in [3.05, 3.63) is 64.6 Å². The molecule has 0 aliphatic heterocycles. The van der Waals surface area contributed by atoms with Crippen molar-refractivity contribution in [2.45, 2.75) is 6.04 Å². The molecule has 2 nitrogen and oxygen atoms in total. The van der Waals surface area contributed by atoms with Gasteiger partial charge in [0.2, 0.25) is 0 Å². The lowest BCUT2D eigenvalue weighted by atomic mass is 10.1. The number of nitrogens with one attached hydrogen (secondary N) is 1. The largest absolute Gasteiger partial charge is 0.377 e. The molecule has 0 spiro atoms. The Morgan fingerprint density at radius 1 is 1.00 bits per heavy atom. The van der Waals surface area contributed by atoms with E-state index >= 15 is 0 Å². The molecule has 17 heavy (non-hydrogen) atoms. The van der Waals surface area contributed by atoms with Gasteiger partial charge in [0.15, 0.2) is 0 Å². The Hall–Kier alpha value is -1.32. The van der Waals surface area contributed by atoms with Crippen LogP contribution in [0.5, 0.6) is 0 Å². The first kappa shape index (κ1) is 12.1. The van der Waals surface area contributed by atoms with Crippen molar-refractivity contribution in [3.63, 3.8) is 0 Å². The lowest BCUT2D eigenvalue weighted by Gasteiger charge is -2.19. The van der Waals surface area contributed by atoms with E-state index in [-0.39, 0.29) is 6.04 Å². The second-order valence-electron chi connectivity index (χ2n) is 3.82. The van der Waals surface area contributed by atoms with Crippen molar-refractivity contribution in [1.82, 2.24) is 0 Å². The summed E-state index contributed by atoms with van der Waals surface area (Å²) in [5.41, 5.74) is 8.10. The van der Waals surface area contributed by atoms with E-state index in [9.17, 15) is 0 Å². The molecule has 0 aliphatic rings. The number of hydrogen-bond donors (Lipinski definition) is 2. The molecule has 2 aromatic carbocycles. The Labute approximate surface area is 110 Å². The third kappa shape index (κ3) is 3.08. The van der Waals surface area contributed by atoms with Gasteiger partial charge < -0.3 is 11.1 Å². The van der Waals surface area contributed by atoms with Crippen LogP contribution in [-0.2, 0) is 0 Å². The Kier molecular flexibility index (Phi) is 4.18. The monoisotopic (exact) mass is 290 g/mol. The average molecular weight is 291 g/mol. The zero-order chi connectivity index (χ0) is 12.1. The molecule has 2 rings (SSSR count). The Balaban J connectivity index is 2.21. The highest BCUT2D eigenvalue weighted by Crippen LogP contribution is 2.25. The molecular weight excluding hydrogens is 276 g/mol. The van der Waals surface area contributed by atoms with Crippen LogP contribution in [0, 0.1) is 0 Å². The highest BCUT2D eigenvalue weighted by molar-refractivity contribution is 9.10. The van der Waals surface area contributed by atoms with E-state index in [4.69, 9.17) is 5.73 Å². The normalized spacial score (nSPS) is 12.1. The maximum Gasteiger partial charge on any atom is 0.0647 e. The van der Waals surface area contributed by atoms with E-state index < -0.39 is 0 Å². The summed E-state index contributed by atoms with van der Waals surface area (Å²) in [6, 6.07) is 18.4. The minimum atomic E-state index is 0.118. The van der Waals surface area contributed by atoms with Crippen molar-refractivity contribution in [1.29, 1.82) is 0 Å². The summed E-state index contributed by atoms with van der Waals surface area (Å²) >= 11 is 3.56. The fraction of sp³-hybridized carbons (Fsp3) is 0.143. The van der Waals surface area contributed by atoms with Crippen LogP contribution in [0.4, 0.5) is 5.69 Å². The number of nitrogens with two attached hydrogens (primary N) is 1. The summed E-state index contributed by atoms with van der Waals surface area (Å²) in [7, 11) is 0. The molecule has 0 heterocycles. The first-order valence-corrected chi connectivity index (χ1v) is 6.36. The number of hydrogen-bond acceptors (Lipinski definition) is 2. The summed E-state index contributed by atoms with van der Waals surface area (Å²) in [4.78, 5) is 0. The molecule has 0 aliphatic carbocycles. The van der Waals surface area contributed by atoms with Crippen LogP contribution >= 0.6 is 15.9 Å². The van der Waals surface area contributed by atoms with Gasteiger partial charge in [0, 0.05) is 16.7 Å². The van der Waals surface area contributed by atoms with Gasteiger partial charge in [0.25, 0.3) is 0 Å². The van der Waals surface area contributed by atoms with Gasteiger partial charge >= 0.3 is 0 Å². The first-order chi connectivity index (χ1) is 8.31. The standard InChI is InChI=1S/C14H15BrN2/c15-13-9-5-4-8-12(13)14(10-16)17-11-6-2-1-3-7-11/h1-9,14,17H,10,16H2. The highest BCUT2D eigenvalue weighted by atomic mass is 79.9. The number of halogens is 1. The molecule has 1 unspecified atom stereocenters. The molecule has 0 bridgehead atoms. The zero-order valence-corrected chi connectivity index (χ0v) is 11.0. The third-order valence-electron chi connectivity index (χ3n) is 2.63. The summed E-state index contributed by atoms with van der Waals surface area (Å²) in [5, 5.41) is 3.43. The van der Waals surface area contributed by atoms with Crippen molar-refractivity contribution < 1.29 is 0 Å². The lowest BCUT2D eigenvalue weighted by molar-refractivity contribution is 0.786. The number of anilines is 1. The maximum atomic E-state index is 5.84. The Bertz CT molecular complexity index is 471. The molecular formula is C14H15BrN2. The minimum absolute atomic E-state index is 0.118. The smallest absolute Gasteiger partial charge is 0.0647 e. The van der Waals surface area contributed by atoms with Gasteiger partial charge in [-0.05, 0) is 23.8 Å². The molecule has 3 heteroatoms. The van der Waals surface area contributed by atoms with Crippen LogP contribution in [0.3, 0.4) is 0 Å². The van der Waals surface area contributed by atoms with Crippen LogP contribution in [-0.4, -0.2) is 6.54 Å². The van der Waals surface area contributed by atoms with E-state index in [0.717, 1.165) is 10.2 Å². The van der Waals surface area contributed by atoms with Gasteiger partial charge in [-0.15, -0.1) is 0 Å². The Morgan fingerprint density at radius 3 is 2.29 bits per heavy atom. The number of benzene rings is 2. The van der Waals surface area contributed by atoms with E-state index in [2.05, 4.69) is 27.3 Å². The van der Waals surface area contributed by atoms with Crippen LogP contribution in [0.2, 0.25) is 0 Å². The molecule has 0 fully saturated rings. The second kappa shape index (κ2) is 5.84. The van der Waals surface area contributed by atoms with Crippen LogP contribution in [0.25, 0.3) is 0 Å². The second-order valence-corrected chi connectivity index (χ2v) is 4.67. The van der Waals surface area contributed by atoms with Crippen LogP contribution in [0.1, 0.15) is 11.6 Å². The molecule has 0 aromatic heterocycles. The van der Waals surface area contributed by atoms with Gasteiger partial charge in [0.1, 0.15) is 0 Å². The molecule has 0 radical (unpaired) electrons. The minimum Gasteiger partial charge on any atom is -0.377 e. The SMILES string of the molecule is NCC(Nc1ccccc1)c1ccccc1Br. The summed E-state index contributed by atoms with van der Waals surface area (Å²) in [6.07, 6.45) is 0. The molecule has 1 atom stereocenters. The third-order valence-corrected chi connectivity index (χ3v) is 3.35. The van der Waals surface area contributed by atoms with Crippen LogP contribution < -0.4 is 11.1 Å². The first-order valence-electron chi connectivity index (χ1n) is 5.57. The van der Waals surface area contributed by atoms with Gasteiger partial charge in [-0.1, -0.05) is 52.3 Å². The van der Waals surface area contributed by atoms with Gasteiger partial charge in [-0.3, -0.25) is 0 Å². The molecule has 2 aromatic rings. The highest BCUT2D eigenvalue weighted by Gasteiger charge is 2.11. The number of rotatable bonds is 4. The van der Waals surface area contributed by atoms with Crippen molar-refractivity contribution in [3.8, 4) is 0 Å². The summed E-state index contributed by atoms with van der Waals surface area (Å²) < 4.78 is 1.08. The summed E-state index contributed by atoms with van der Waals surface area (Å²) in [6.45, 7) is 0.553. The van der Waals surface area contributed by atoms with Gasteiger partial charge in [0.05, 0.1) is 6.04 Å². The van der Waals surface area contributed by atoms with E-state index in [1.54, 1.807) is 0 Å². The zero-order valence-electron chi connectivity index (χ0n) is 9.44. The maximum absolute atomic E-state index is 5.84. The lowest BCUT2D eigenvalue weighted by Crippen LogP contribution is -2.20. The number of para-hydroxylation sites is 1. The fourth-order valence-electron chi connectivity index (χ4n) is 1.76. The Morgan fingerprint density at radius 2 is 1.65 bits per heavy atom. The van der Waals surface area contributed by atoms with E-state index in [1.165, 1.54) is 5.56 Å². The van der Waals surface area contributed by atoms with Crippen LogP contribution in [0.15, 0.2) is 59.1 Å². The molecule has 0 saturated carbocycles. The van der Waals surface area contributed by atoms with Crippen molar-refractivity contribution >= 4 is 21.6 Å². The molecule has 3 N–H and O–H groups in total. The summed E-state index contributed by atoms with van der Waals surface area (Å²) in [5.74, 6) is 0. The van der Waals surface area contributed by atoms with Gasteiger partial charge in [-0.25, -0.2) is 0 Å². The van der Waals surface area contributed by atoms with Crippen molar-refractivity contribution in [2.24, 2.45) is 5.73 Å². The predicted molar refractivity (Wildman–Crippen MR) is 76.0 cm³/mol. The molecule has 0 saturated heterocycles. The fourth-order valence-corrected chi connectivity index (χ4v) is 2.32. The van der Waals surface area contributed by atoms with E-state index in [0.29, 0.717) is 6.54 Å². The van der Waals surface area contributed by atoms with E-state index in [1.807, 2.05) is 48.5 Å². The molecule has 88 valence electrons. The molecule has 0 amide bonds. The predicted octanol–water partition coefficient (Wildman–Crippen LogP) is 3.56. The van der Waals surface area contributed by atoms with Gasteiger partial charge in [-0.2, -0.15) is 0 Å². The average Bonchev–Trinajstić information content (AvgIpc) is 2.38. The topological polar surface area (TPSA) is 38.0 Å². The quantitative estimate of drug-likeness (QED) is 0.904. The van der Waals surface area contributed by atoms with Crippen molar-refractivity contribution in [2.75, 3.05) is 11.9 Å².